The Labute approximate surface area is 365 Å². The summed E-state index contributed by atoms with van der Waals surface area (Å²) in [5.74, 6) is 0.585. The van der Waals surface area contributed by atoms with Crippen LogP contribution in [0.25, 0.3) is 77.1 Å². The fraction of sp³-hybridized carbons (Fsp3) is 0.222. The van der Waals surface area contributed by atoms with Gasteiger partial charge in [-0.2, -0.15) is 0 Å². The maximum absolute atomic E-state index is 8.33. The van der Waals surface area contributed by atoms with E-state index in [1.807, 2.05) is 36.5 Å². The SMILES string of the molecule is [2H]C([2H])([2H])c1c[c-]c(-c2ccc(C(C)(C)C)cn2)cc1.[2H]C([2H])([2H])c1cnc(-c2[c-]ccc3c2oc2cc4c(ccc5ccccc54)cc23)cc1-c1ccc(C(C)C)cc1C(C)C.[Ir]. The van der Waals surface area contributed by atoms with Gasteiger partial charge in [0.2, 0.25) is 0 Å². The van der Waals surface area contributed by atoms with Crippen molar-refractivity contribution in [3.8, 4) is 33.6 Å². The van der Waals surface area contributed by atoms with Gasteiger partial charge in [-0.15, -0.1) is 53.6 Å². The van der Waals surface area contributed by atoms with E-state index < -0.39 is 13.7 Å². The van der Waals surface area contributed by atoms with Crippen molar-refractivity contribution in [3.63, 3.8) is 0 Å². The van der Waals surface area contributed by atoms with Gasteiger partial charge in [-0.25, -0.2) is 0 Å². The molecule has 9 aromatic rings. The largest absolute Gasteiger partial charge is 0.501 e. The molecule has 1 radical (unpaired) electrons. The van der Waals surface area contributed by atoms with Crippen molar-refractivity contribution in [1.29, 1.82) is 0 Å². The van der Waals surface area contributed by atoms with Crippen LogP contribution in [-0.4, -0.2) is 9.97 Å². The van der Waals surface area contributed by atoms with Crippen LogP contribution in [0.2, 0.25) is 0 Å². The average molecular weight is 941 g/mol. The molecule has 0 spiro atoms. The molecule has 293 valence electrons. The van der Waals surface area contributed by atoms with E-state index in [-0.39, 0.29) is 37.0 Å². The maximum atomic E-state index is 8.33. The molecule has 3 nitrogen and oxygen atoms in total. The summed E-state index contributed by atoms with van der Waals surface area (Å²) in [4.78, 5) is 9.12. The number of pyridine rings is 2. The van der Waals surface area contributed by atoms with E-state index in [1.54, 1.807) is 12.1 Å². The Bertz CT molecular complexity index is 3070. The van der Waals surface area contributed by atoms with Crippen molar-refractivity contribution in [3.05, 3.63) is 168 Å². The molecule has 3 aromatic heterocycles. The maximum Gasteiger partial charge on any atom is 0.121 e. The van der Waals surface area contributed by atoms with Crippen molar-refractivity contribution in [1.82, 2.24) is 9.97 Å². The Kier molecular flexibility index (Phi) is 9.52. The molecule has 3 heterocycles. The predicted molar refractivity (Wildman–Crippen MR) is 241 cm³/mol. The van der Waals surface area contributed by atoms with Crippen LogP contribution >= 0.6 is 0 Å². The molecule has 0 saturated carbocycles. The van der Waals surface area contributed by atoms with Gasteiger partial charge in [-0.3, -0.25) is 0 Å². The van der Waals surface area contributed by atoms with Crippen LogP contribution in [0.4, 0.5) is 0 Å². The second-order valence-corrected chi connectivity index (χ2v) is 16.5. The Balaban J connectivity index is 0.000000246. The van der Waals surface area contributed by atoms with Gasteiger partial charge in [0.15, 0.2) is 0 Å². The van der Waals surface area contributed by atoms with Gasteiger partial charge in [-0.05, 0) is 103 Å². The van der Waals surface area contributed by atoms with Crippen molar-refractivity contribution >= 4 is 43.5 Å². The third-order valence-electron chi connectivity index (χ3n) is 10.8. The minimum atomic E-state index is -2.32. The van der Waals surface area contributed by atoms with Crippen LogP contribution < -0.4 is 0 Å². The number of rotatable bonds is 5. The first kappa shape index (κ1) is 33.6. The van der Waals surface area contributed by atoms with E-state index in [1.165, 1.54) is 34.2 Å². The molecule has 6 aromatic carbocycles. The molecular formula is C54H50IrN2O-2. The molecular weight excluding hydrogens is 885 g/mol. The van der Waals surface area contributed by atoms with Gasteiger partial charge in [0.25, 0.3) is 0 Å². The molecule has 0 aliphatic rings. The number of nitrogens with zero attached hydrogens (tertiary/aromatic N) is 2. The first-order valence-corrected chi connectivity index (χ1v) is 19.6. The van der Waals surface area contributed by atoms with E-state index in [9.17, 15) is 0 Å². The molecule has 0 amide bonds. The second kappa shape index (κ2) is 16.4. The van der Waals surface area contributed by atoms with E-state index in [2.05, 4.69) is 137 Å². The van der Waals surface area contributed by atoms with Crippen molar-refractivity contribution in [2.45, 2.75) is 79.4 Å². The van der Waals surface area contributed by atoms with Crippen molar-refractivity contribution < 1.29 is 32.7 Å². The summed E-state index contributed by atoms with van der Waals surface area (Å²) in [5.41, 5.74) is 10.2. The summed E-state index contributed by atoms with van der Waals surface area (Å²) in [6.45, 7) is 10.7. The Morgan fingerprint density at radius 3 is 2.17 bits per heavy atom. The first-order chi connectivity index (χ1) is 29.8. The molecule has 0 saturated heterocycles. The van der Waals surface area contributed by atoms with E-state index in [0.717, 1.165) is 49.5 Å². The van der Waals surface area contributed by atoms with Gasteiger partial charge in [-0.1, -0.05) is 139 Å². The Hall–Kier alpha value is -5.41. The fourth-order valence-corrected chi connectivity index (χ4v) is 7.49. The molecule has 4 heteroatoms. The van der Waals surface area contributed by atoms with Crippen LogP contribution in [0.15, 0.2) is 132 Å². The number of furan rings is 1. The third kappa shape index (κ3) is 8.01. The van der Waals surface area contributed by atoms with Gasteiger partial charge in [0, 0.05) is 46.1 Å². The second-order valence-electron chi connectivity index (χ2n) is 16.5. The van der Waals surface area contributed by atoms with E-state index >= 15 is 0 Å². The topological polar surface area (TPSA) is 38.9 Å². The zero-order valence-electron chi connectivity index (χ0n) is 39.9. The molecule has 0 aliphatic carbocycles. The van der Waals surface area contributed by atoms with Crippen molar-refractivity contribution in [2.24, 2.45) is 0 Å². The number of hydrogen-bond donors (Lipinski definition) is 0. The summed E-state index contributed by atoms with van der Waals surface area (Å²) in [6.07, 6.45) is 3.37. The summed E-state index contributed by atoms with van der Waals surface area (Å²) < 4.78 is 53.6. The van der Waals surface area contributed by atoms with E-state index in [4.69, 9.17) is 12.6 Å². The first-order valence-electron chi connectivity index (χ1n) is 22.6. The number of benzene rings is 6. The van der Waals surface area contributed by atoms with Gasteiger partial charge < -0.3 is 14.4 Å². The fourth-order valence-electron chi connectivity index (χ4n) is 7.49. The average Bonchev–Trinajstić information content (AvgIpc) is 3.62. The molecule has 58 heavy (non-hydrogen) atoms. The Morgan fingerprint density at radius 1 is 0.655 bits per heavy atom. The minimum absolute atomic E-state index is 0. The summed E-state index contributed by atoms with van der Waals surface area (Å²) in [5, 5.41) is 6.67. The molecule has 0 N–H and O–H groups in total. The van der Waals surface area contributed by atoms with Crippen LogP contribution in [0, 0.1) is 25.8 Å². The number of fused-ring (bicyclic) bond motifs is 6. The van der Waals surface area contributed by atoms with Crippen molar-refractivity contribution in [2.75, 3.05) is 0 Å². The summed E-state index contributed by atoms with van der Waals surface area (Å²) in [7, 11) is 0. The summed E-state index contributed by atoms with van der Waals surface area (Å²) in [6, 6.07) is 44.4. The Morgan fingerprint density at radius 2 is 1.47 bits per heavy atom. The van der Waals surface area contributed by atoms with Gasteiger partial charge >= 0.3 is 0 Å². The smallest absolute Gasteiger partial charge is 0.121 e. The predicted octanol–water partition coefficient (Wildman–Crippen LogP) is 15.1. The van der Waals surface area contributed by atoms with Crippen LogP contribution in [0.3, 0.4) is 0 Å². The molecule has 0 unspecified atom stereocenters. The number of hydrogen-bond acceptors (Lipinski definition) is 3. The van der Waals surface area contributed by atoms with Crippen LogP contribution in [0.5, 0.6) is 0 Å². The molecule has 0 bridgehead atoms. The standard InChI is InChI=1S/C38H32NO.C16H18N.Ir/c1-22(2)26-15-16-29(32(17-26)23(3)4)33-19-36(39-21-24(33)5)31-12-8-11-30-35-18-27-14-13-25-9-6-7-10-28(25)34(27)20-37(35)40-38(30)31;1-12-5-7-13(8-6-12)15-10-9-14(11-17-15)16(2,3)4;/h6-11,13-23H,1-5H3;5-7,9-11H,1-4H3;/q2*-1;/i5D3;1D3;. The van der Waals surface area contributed by atoms with Crippen LogP contribution in [-0.2, 0) is 25.5 Å². The number of aryl methyl sites for hydroxylation is 2. The quantitative estimate of drug-likeness (QED) is 0.127. The number of aromatic nitrogens is 2. The monoisotopic (exact) mass is 941 g/mol. The zero-order valence-corrected chi connectivity index (χ0v) is 36.3. The van der Waals surface area contributed by atoms with Gasteiger partial charge in [0.1, 0.15) is 5.58 Å². The normalized spacial score (nSPS) is 13.7. The zero-order chi connectivity index (χ0) is 45.0. The molecule has 0 aliphatic heterocycles. The molecule has 9 rings (SSSR count). The van der Waals surface area contributed by atoms with Crippen LogP contribution in [0.1, 0.15) is 96.3 Å². The molecule has 0 fully saturated rings. The molecule has 0 atom stereocenters. The summed E-state index contributed by atoms with van der Waals surface area (Å²) >= 11 is 0. The third-order valence-corrected chi connectivity index (χ3v) is 10.8. The minimum Gasteiger partial charge on any atom is -0.501 e. The van der Waals surface area contributed by atoms with Gasteiger partial charge in [0.05, 0.1) is 5.58 Å². The van der Waals surface area contributed by atoms with E-state index in [0.29, 0.717) is 33.9 Å².